The molecular weight excluding hydrogens is 391 g/mol. The van der Waals surface area contributed by atoms with Gasteiger partial charge in [0.15, 0.2) is 0 Å². The van der Waals surface area contributed by atoms with E-state index in [9.17, 15) is 14.4 Å². The van der Waals surface area contributed by atoms with Crippen molar-refractivity contribution < 1.29 is 14.4 Å². The van der Waals surface area contributed by atoms with Gasteiger partial charge in [0.1, 0.15) is 16.9 Å². The molecule has 4 rings (SSSR count). The van der Waals surface area contributed by atoms with Crippen LogP contribution in [0.25, 0.3) is 0 Å². The van der Waals surface area contributed by atoms with Crippen molar-refractivity contribution in [3.63, 3.8) is 0 Å². The molecule has 7 nitrogen and oxygen atoms in total. The second kappa shape index (κ2) is 6.83. The molecule has 3 amide bonds. The summed E-state index contributed by atoms with van der Waals surface area (Å²) in [5.41, 5.74) is 1.13. The number of pyridine rings is 1. The van der Waals surface area contributed by atoms with E-state index in [2.05, 4.69) is 15.6 Å². The Balaban J connectivity index is 1.64. The van der Waals surface area contributed by atoms with Crippen molar-refractivity contribution in [2.24, 2.45) is 0 Å². The quantitative estimate of drug-likeness (QED) is 0.751. The molecule has 1 saturated heterocycles. The molecule has 2 aliphatic heterocycles. The summed E-state index contributed by atoms with van der Waals surface area (Å²) in [6.07, 6.45) is 1.43. The Labute approximate surface area is 164 Å². The number of halogens is 2. The maximum atomic E-state index is 12.8. The number of nitrogens with zero attached hydrogens (tertiary/aromatic N) is 2. The van der Waals surface area contributed by atoms with Gasteiger partial charge >= 0.3 is 0 Å². The van der Waals surface area contributed by atoms with Crippen LogP contribution in [0, 0.1) is 0 Å². The van der Waals surface area contributed by atoms with Gasteiger partial charge in [-0.3, -0.25) is 14.4 Å². The lowest BCUT2D eigenvalue weighted by Crippen LogP contribution is -2.40. The van der Waals surface area contributed by atoms with Gasteiger partial charge in [-0.1, -0.05) is 23.2 Å². The van der Waals surface area contributed by atoms with Gasteiger partial charge < -0.3 is 15.5 Å². The molecule has 0 unspecified atom stereocenters. The molecule has 1 aromatic carbocycles. The van der Waals surface area contributed by atoms with Gasteiger partial charge in [0.05, 0.1) is 16.3 Å². The Morgan fingerprint density at radius 1 is 1.22 bits per heavy atom. The van der Waals surface area contributed by atoms with Gasteiger partial charge in [0.2, 0.25) is 5.91 Å². The first-order valence-electron chi connectivity index (χ1n) is 8.33. The Hall–Kier alpha value is -2.64. The van der Waals surface area contributed by atoms with Crippen molar-refractivity contribution in [1.29, 1.82) is 0 Å². The van der Waals surface area contributed by atoms with E-state index < -0.39 is 11.9 Å². The smallest absolute Gasteiger partial charge is 0.275 e. The lowest BCUT2D eigenvalue weighted by atomic mass is 10.1. The fraction of sp³-hybridized carbons (Fsp3) is 0.222. The zero-order chi connectivity index (χ0) is 19.1. The standard InChI is InChI=1S/C18H14Cl2N4O3/c19-11-4-6-14(20)23-15(11)17(26)21-9-3-5-12-10(8-9)18(27)24-7-1-2-13(24)16(25)22-12/h3-6,8,13H,1-2,7H2,(H,21,26)(H,22,25)/t13-/m1/s1. The molecule has 27 heavy (non-hydrogen) atoms. The molecule has 0 saturated carbocycles. The maximum Gasteiger partial charge on any atom is 0.275 e. The molecule has 0 radical (unpaired) electrons. The fourth-order valence-electron chi connectivity index (χ4n) is 3.33. The topological polar surface area (TPSA) is 91.4 Å². The summed E-state index contributed by atoms with van der Waals surface area (Å²) < 4.78 is 0. The fourth-order valence-corrected chi connectivity index (χ4v) is 3.67. The van der Waals surface area contributed by atoms with Gasteiger partial charge in [-0.25, -0.2) is 4.98 Å². The van der Waals surface area contributed by atoms with Crippen LogP contribution in [-0.4, -0.2) is 40.2 Å². The van der Waals surface area contributed by atoms with Gasteiger partial charge in [0, 0.05) is 12.2 Å². The van der Waals surface area contributed by atoms with Crippen LogP contribution < -0.4 is 10.6 Å². The van der Waals surface area contributed by atoms with Crippen molar-refractivity contribution in [3.8, 4) is 0 Å². The average molecular weight is 405 g/mol. The molecule has 2 aromatic rings. The minimum atomic E-state index is -0.549. The van der Waals surface area contributed by atoms with E-state index in [1.807, 2.05) is 0 Å². The van der Waals surface area contributed by atoms with Crippen molar-refractivity contribution in [1.82, 2.24) is 9.88 Å². The number of anilines is 2. The van der Waals surface area contributed by atoms with E-state index in [4.69, 9.17) is 23.2 Å². The summed E-state index contributed by atoms with van der Waals surface area (Å²) in [6.45, 7) is 0.537. The third-order valence-electron chi connectivity index (χ3n) is 4.61. The molecule has 9 heteroatoms. The van der Waals surface area contributed by atoms with Crippen molar-refractivity contribution in [2.45, 2.75) is 18.9 Å². The first-order valence-corrected chi connectivity index (χ1v) is 9.09. The van der Waals surface area contributed by atoms with Crippen LogP contribution in [0.4, 0.5) is 11.4 Å². The van der Waals surface area contributed by atoms with Gasteiger partial charge in [0.25, 0.3) is 11.8 Å². The Morgan fingerprint density at radius 3 is 2.85 bits per heavy atom. The number of amides is 3. The largest absolute Gasteiger partial charge is 0.327 e. The molecule has 3 heterocycles. The molecular formula is C18H14Cl2N4O3. The molecule has 138 valence electrons. The summed E-state index contributed by atoms with van der Waals surface area (Å²) >= 11 is 11.8. The molecule has 1 atom stereocenters. The number of fused-ring (bicyclic) bond motifs is 2. The van der Waals surface area contributed by atoms with E-state index in [-0.39, 0.29) is 27.7 Å². The van der Waals surface area contributed by atoms with Crippen molar-refractivity contribution in [3.05, 3.63) is 51.8 Å². The molecule has 1 aromatic heterocycles. The maximum absolute atomic E-state index is 12.8. The summed E-state index contributed by atoms with van der Waals surface area (Å²) in [5.74, 6) is -0.973. The summed E-state index contributed by atoms with van der Waals surface area (Å²) in [5, 5.41) is 5.75. The molecule has 0 aliphatic carbocycles. The predicted octanol–water partition coefficient (Wildman–Crippen LogP) is 3.20. The Morgan fingerprint density at radius 2 is 2.04 bits per heavy atom. The second-order valence-corrected chi connectivity index (χ2v) is 7.12. The van der Waals surface area contributed by atoms with Crippen LogP contribution in [0.1, 0.15) is 33.7 Å². The number of carbonyl (C=O) groups is 3. The average Bonchev–Trinajstić information content (AvgIpc) is 3.11. The highest BCUT2D eigenvalue weighted by atomic mass is 35.5. The van der Waals surface area contributed by atoms with E-state index in [1.165, 1.54) is 18.2 Å². The Kier molecular flexibility index (Phi) is 4.49. The van der Waals surface area contributed by atoms with Crippen LogP contribution in [0.15, 0.2) is 30.3 Å². The summed E-state index contributed by atoms with van der Waals surface area (Å²) in [6, 6.07) is 7.24. The highest BCUT2D eigenvalue weighted by molar-refractivity contribution is 6.35. The molecule has 2 N–H and O–H groups in total. The number of hydrogen-bond donors (Lipinski definition) is 2. The minimum Gasteiger partial charge on any atom is -0.327 e. The highest BCUT2D eigenvalue weighted by Gasteiger charge is 2.38. The van der Waals surface area contributed by atoms with Gasteiger partial charge in [-0.2, -0.15) is 0 Å². The van der Waals surface area contributed by atoms with Crippen LogP contribution in [-0.2, 0) is 4.79 Å². The van der Waals surface area contributed by atoms with Crippen molar-refractivity contribution >= 4 is 52.3 Å². The summed E-state index contributed by atoms with van der Waals surface area (Å²) in [4.78, 5) is 43.1. The van der Waals surface area contributed by atoms with Crippen LogP contribution in [0.5, 0.6) is 0 Å². The Bertz CT molecular complexity index is 979. The summed E-state index contributed by atoms with van der Waals surface area (Å²) in [7, 11) is 0. The number of benzene rings is 1. The lowest BCUT2D eigenvalue weighted by molar-refractivity contribution is -0.119. The molecule has 0 spiro atoms. The zero-order valence-electron chi connectivity index (χ0n) is 14.0. The van der Waals surface area contributed by atoms with Gasteiger partial charge in [-0.15, -0.1) is 0 Å². The van der Waals surface area contributed by atoms with Crippen LogP contribution >= 0.6 is 23.2 Å². The first-order chi connectivity index (χ1) is 12.9. The van der Waals surface area contributed by atoms with E-state index in [0.29, 0.717) is 29.9 Å². The van der Waals surface area contributed by atoms with E-state index in [1.54, 1.807) is 17.0 Å². The second-order valence-electron chi connectivity index (χ2n) is 6.32. The number of carbonyl (C=O) groups excluding carboxylic acids is 3. The third-order valence-corrected chi connectivity index (χ3v) is 5.12. The van der Waals surface area contributed by atoms with E-state index in [0.717, 1.165) is 6.42 Å². The monoisotopic (exact) mass is 404 g/mol. The number of nitrogens with one attached hydrogen (secondary N) is 2. The molecule has 2 aliphatic rings. The number of aromatic nitrogens is 1. The third kappa shape index (κ3) is 3.24. The van der Waals surface area contributed by atoms with Crippen LogP contribution in [0.3, 0.4) is 0 Å². The first kappa shape index (κ1) is 17.8. The molecule has 1 fully saturated rings. The number of hydrogen-bond acceptors (Lipinski definition) is 4. The van der Waals surface area contributed by atoms with Gasteiger partial charge in [-0.05, 0) is 43.2 Å². The minimum absolute atomic E-state index is 0.0154. The van der Waals surface area contributed by atoms with Crippen LogP contribution in [0.2, 0.25) is 10.2 Å². The van der Waals surface area contributed by atoms with Crippen molar-refractivity contribution in [2.75, 3.05) is 17.2 Å². The SMILES string of the molecule is O=C(Nc1ccc2c(c1)C(=O)N1CCC[C@@H]1C(=O)N2)c1nc(Cl)ccc1Cl. The van der Waals surface area contributed by atoms with E-state index >= 15 is 0 Å². The highest BCUT2D eigenvalue weighted by Crippen LogP contribution is 2.30. The number of rotatable bonds is 2. The predicted molar refractivity (Wildman–Crippen MR) is 101 cm³/mol. The molecule has 0 bridgehead atoms. The lowest BCUT2D eigenvalue weighted by Gasteiger charge is -2.20. The normalized spacial score (nSPS) is 18.4. The zero-order valence-corrected chi connectivity index (χ0v) is 15.5.